The third kappa shape index (κ3) is 5.71. The maximum absolute atomic E-state index is 12.5. The normalized spacial score (nSPS) is 10.7. The van der Waals surface area contributed by atoms with Crippen LogP contribution in [0.25, 0.3) is 0 Å². The van der Waals surface area contributed by atoms with Crippen molar-refractivity contribution in [3.63, 3.8) is 0 Å². The van der Waals surface area contributed by atoms with Crippen LogP contribution >= 0.6 is 23.2 Å². The highest BCUT2D eigenvalue weighted by atomic mass is 35.5. The fraction of sp³-hybridized carbons (Fsp3) is 0.0476. The Morgan fingerprint density at radius 2 is 1.84 bits per heavy atom. The molecule has 0 spiro atoms. The van der Waals surface area contributed by atoms with Crippen LogP contribution in [0.1, 0.15) is 15.9 Å². The second-order valence-electron chi connectivity index (χ2n) is 6.21. The average Bonchev–Trinajstić information content (AvgIpc) is 2.75. The van der Waals surface area contributed by atoms with Crippen LogP contribution in [0.15, 0.2) is 65.8 Å². The minimum atomic E-state index is -0.600. The number of amides is 1. The summed E-state index contributed by atoms with van der Waals surface area (Å²) in [5.74, 6) is 0.153. The van der Waals surface area contributed by atoms with Gasteiger partial charge >= 0.3 is 0 Å². The second-order valence-corrected chi connectivity index (χ2v) is 7.05. The van der Waals surface area contributed by atoms with Gasteiger partial charge in [0.1, 0.15) is 11.4 Å². The van der Waals surface area contributed by atoms with Crippen LogP contribution < -0.4 is 15.5 Å². The van der Waals surface area contributed by atoms with E-state index in [-0.39, 0.29) is 16.9 Å². The molecule has 0 aliphatic rings. The molecule has 0 radical (unpaired) electrons. The number of carbonyl (C=O) groups excluding carboxylic acids is 1. The number of nitro groups is 1. The lowest BCUT2D eigenvalue weighted by molar-refractivity contribution is -0.384. The first-order valence-corrected chi connectivity index (χ1v) is 9.61. The zero-order valence-electron chi connectivity index (χ0n) is 16.1. The molecule has 0 heterocycles. The number of nitrogens with zero attached hydrogens (tertiary/aromatic N) is 2. The van der Waals surface area contributed by atoms with Crippen molar-refractivity contribution >= 4 is 52.4 Å². The quantitative estimate of drug-likeness (QED) is 0.272. The van der Waals surface area contributed by atoms with Crippen LogP contribution in [0.2, 0.25) is 10.0 Å². The molecule has 3 aromatic rings. The number of benzene rings is 3. The van der Waals surface area contributed by atoms with E-state index in [0.717, 1.165) is 0 Å². The number of nitrogens with one attached hydrogen (secondary N) is 2. The third-order valence-corrected chi connectivity index (χ3v) is 4.72. The first kappa shape index (κ1) is 22.1. The number of anilines is 2. The fourth-order valence-electron chi connectivity index (χ4n) is 2.57. The van der Waals surface area contributed by atoms with Gasteiger partial charge < -0.3 is 10.1 Å². The van der Waals surface area contributed by atoms with Crippen molar-refractivity contribution in [1.29, 1.82) is 0 Å². The third-order valence-electron chi connectivity index (χ3n) is 4.16. The monoisotopic (exact) mass is 458 g/mol. The first-order chi connectivity index (χ1) is 14.9. The minimum absolute atomic E-state index is 0.118. The van der Waals surface area contributed by atoms with Crippen LogP contribution in [0, 0.1) is 10.1 Å². The van der Waals surface area contributed by atoms with E-state index in [1.165, 1.54) is 31.5 Å². The van der Waals surface area contributed by atoms with E-state index < -0.39 is 10.8 Å². The molecule has 2 N–H and O–H groups in total. The van der Waals surface area contributed by atoms with Crippen molar-refractivity contribution in [2.24, 2.45) is 5.10 Å². The SMILES string of the molecule is COc1ccc(NC(=O)c2ccc(N/N=C/c3ccc(Cl)cc3Cl)c([N+](=O)[O-])c2)cc1. The molecule has 0 atom stereocenters. The molecular formula is C21H16Cl2N4O4. The van der Waals surface area contributed by atoms with Gasteiger partial charge in [0.15, 0.2) is 0 Å². The van der Waals surface area contributed by atoms with Crippen LogP contribution in [0.3, 0.4) is 0 Å². The summed E-state index contributed by atoms with van der Waals surface area (Å²) in [6.07, 6.45) is 1.41. The molecule has 0 aliphatic carbocycles. The largest absolute Gasteiger partial charge is 0.497 e. The molecule has 3 aromatic carbocycles. The van der Waals surface area contributed by atoms with E-state index >= 15 is 0 Å². The Hall–Kier alpha value is -3.62. The Balaban J connectivity index is 1.76. The van der Waals surface area contributed by atoms with Gasteiger partial charge in [-0.05, 0) is 48.5 Å². The van der Waals surface area contributed by atoms with E-state index in [0.29, 0.717) is 27.0 Å². The molecule has 0 aromatic heterocycles. The van der Waals surface area contributed by atoms with Gasteiger partial charge in [0, 0.05) is 27.9 Å². The Morgan fingerprint density at radius 3 is 2.48 bits per heavy atom. The highest BCUT2D eigenvalue weighted by molar-refractivity contribution is 6.36. The van der Waals surface area contributed by atoms with Crippen molar-refractivity contribution in [1.82, 2.24) is 0 Å². The van der Waals surface area contributed by atoms with Crippen molar-refractivity contribution in [3.8, 4) is 5.75 Å². The van der Waals surface area contributed by atoms with Crippen LogP contribution in [0.4, 0.5) is 17.1 Å². The van der Waals surface area contributed by atoms with E-state index in [9.17, 15) is 14.9 Å². The molecule has 8 nitrogen and oxygen atoms in total. The molecular weight excluding hydrogens is 443 g/mol. The highest BCUT2D eigenvalue weighted by Gasteiger charge is 2.17. The molecule has 0 fully saturated rings. The topological polar surface area (TPSA) is 106 Å². The van der Waals surface area contributed by atoms with Gasteiger partial charge in [0.05, 0.1) is 23.3 Å². The molecule has 0 aliphatic heterocycles. The minimum Gasteiger partial charge on any atom is -0.497 e. The second kappa shape index (κ2) is 9.92. The molecule has 158 valence electrons. The summed E-state index contributed by atoms with van der Waals surface area (Å²) in [5.41, 5.74) is 3.65. The fourth-order valence-corrected chi connectivity index (χ4v) is 3.03. The van der Waals surface area contributed by atoms with E-state index in [4.69, 9.17) is 27.9 Å². The zero-order chi connectivity index (χ0) is 22.4. The summed E-state index contributed by atoms with van der Waals surface area (Å²) in [5, 5.41) is 19.0. The Labute approximate surface area is 187 Å². The molecule has 1 amide bonds. The number of hydrogen-bond donors (Lipinski definition) is 2. The highest BCUT2D eigenvalue weighted by Crippen LogP contribution is 2.27. The molecule has 0 unspecified atom stereocenters. The Bertz CT molecular complexity index is 1150. The summed E-state index contributed by atoms with van der Waals surface area (Å²) in [7, 11) is 1.54. The van der Waals surface area contributed by atoms with E-state index in [1.54, 1.807) is 42.5 Å². The van der Waals surface area contributed by atoms with Crippen molar-refractivity contribution in [2.75, 3.05) is 17.9 Å². The first-order valence-electron chi connectivity index (χ1n) is 8.85. The summed E-state index contributed by atoms with van der Waals surface area (Å²) in [6.45, 7) is 0. The summed E-state index contributed by atoms with van der Waals surface area (Å²) in [4.78, 5) is 23.4. The number of halogens is 2. The molecule has 10 heteroatoms. The van der Waals surface area contributed by atoms with Gasteiger partial charge in [-0.3, -0.25) is 20.3 Å². The molecule has 0 saturated heterocycles. The van der Waals surface area contributed by atoms with Crippen LogP contribution in [0.5, 0.6) is 5.75 Å². The molecule has 0 saturated carbocycles. The lowest BCUT2D eigenvalue weighted by Gasteiger charge is -2.08. The number of nitro benzene ring substituents is 1. The smallest absolute Gasteiger partial charge is 0.294 e. The predicted octanol–water partition coefficient (Wildman–Crippen LogP) is 5.61. The van der Waals surface area contributed by atoms with Crippen molar-refractivity contribution in [2.45, 2.75) is 0 Å². The van der Waals surface area contributed by atoms with Crippen molar-refractivity contribution in [3.05, 3.63) is 92.0 Å². The standard InChI is InChI=1S/C21H16Cl2N4O4/c1-31-17-7-5-16(6-8-17)25-21(28)13-3-9-19(20(10-13)27(29)30)26-24-12-14-2-4-15(22)11-18(14)23/h2-12,26H,1H3,(H,25,28)/b24-12+. The van der Waals surface area contributed by atoms with Gasteiger partial charge in [-0.15, -0.1) is 0 Å². The van der Waals surface area contributed by atoms with Crippen molar-refractivity contribution < 1.29 is 14.5 Å². The molecule has 3 rings (SSSR count). The number of rotatable bonds is 7. The number of hydrogen-bond acceptors (Lipinski definition) is 6. The number of methoxy groups -OCH3 is 1. The predicted molar refractivity (Wildman–Crippen MR) is 122 cm³/mol. The maximum atomic E-state index is 12.5. The van der Waals surface area contributed by atoms with Gasteiger partial charge in [-0.25, -0.2) is 0 Å². The molecule has 0 bridgehead atoms. The maximum Gasteiger partial charge on any atom is 0.294 e. The van der Waals surface area contributed by atoms with Gasteiger partial charge in [0.2, 0.25) is 0 Å². The summed E-state index contributed by atoms with van der Waals surface area (Å²) >= 11 is 11.9. The van der Waals surface area contributed by atoms with Gasteiger partial charge in [-0.2, -0.15) is 5.10 Å². The van der Waals surface area contributed by atoms with E-state index in [2.05, 4.69) is 15.8 Å². The number of hydrazone groups is 1. The number of ether oxygens (including phenoxy) is 1. The average molecular weight is 459 g/mol. The van der Waals surface area contributed by atoms with Crippen LogP contribution in [-0.2, 0) is 0 Å². The van der Waals surface area contributed by atoms with E-state index in [1.807, 2.05) is 0 Å². The van der Waals surface area contributed by atoms with Gasteiger partial charge in [0.25, 0.3) is 11.6 Å². The summed E-state index contributed by atoms with van der Waals surface area (Å²) in [6, 6.07) is 15.6. The Kier molecular flexibility index (Phi) is 7.07. The summed E-state index contributed by atoms with van der Waals surface area (Å²) < 4.78 is 5.07. The van der Waals surface area contributed by atoms with Gasteiger partial charge in [-0.1, -0.05) is 29.3 Å². The molecule has 31 heavy (non-hydrogen) atoms. The van der Waals surface area contributed by atoms with Crippen LogP contribution in [-0.4, -0.2) is 24.2 Å². The lowest BCUT2D eigenvalue weighted by Crippen LogP contribution is -2.12. The Morgan fingerprint density at radius 1 is 1.10 bits per heavy atom. The number of carbonyl (C=O) groups is 1. The lowest BCUT2D eigenvalue weighted by atomic mass is 10.1. The zero-order valence-corrected chi connectivity index (χ0v) is 17.6.